The van der Waals surface area contributed by atoms with E-state index in [0.717, 1.165) is 52.1 Å². The summed E-state index contributed by atoms with van der Waals surface area (Å²) in [6.07, 6.45) is 4.96. The molecular formula is C22H30N4O2. The Hall–Kier alpha value is -2.34. The van der Waals surface area contributed by atoms with Crippen molar-refractivity contribution in [2.45, 2.75) is 38.6 Å². The summed E-state index contributed by atoms with van der Waals surface area (Å²) in [4.78, 5) is 18.9. The number of carbonyl (C=O) groups is 1. The van der Waals surface area contributed by atoms with E-state index in [9.17, 15) is 4.79 Å². The minimum Gasteiger partial charge on any atom is -0.381 e. The van der Waals surface area contributed by atoms with Crippen molar-refractivity contribution in [1.82, 2.24) is 19.8 Å². The molecule has 2 saturated heterocycles. The number of amides is 2. The van der Waals surface area contributed by atoms with Gasteiger partial charge in [0.05, 0.1) is 0 Å². The summed E-state index contributed by atoms with van der Waals surface area (Å²) in [6.45, 7) is 7.06. The molecule has 2 aliphatic rings. The standard InChI is InChI=1S/C22H30N4O2/c1-17-13-24-21(20-8-11-28-12-9-20)26(17)16-19-14-25(15-19)22(27)23-10-7-18-5-3-2-4-6-18/h2-6,13,19-20H,7-12,14-16H2,1H3,(H,23,27). The molecular weight excluding hydrogens is 352 g/mol. The van der Waals surface area contributed by atoms with E-state index in [1.54, 1.807) is 0 Å². The number of carbonyl (C=O) groups excluding carboxylic acids is 1. The summed E-state index contributed by atoms with van der Waals surface area (Å²) >= 11 is 0. The molecule has 4 rings (SSSR count). The van der Waals surface area contributed by atoms with Crippen LogP contribution < -0.4 is 5.32 Å². The maximum Gasteiger partial charge on any atom is 0.317 e. The largest absolute Gasteiger partial charge is 0.381 e. The average Bonchev–Trinajstić information content (AvgIpc) is 3.06. The molecule has 0 saturated carbocycles. The minimum absolute atomic E-state index is 0.0548. The molecule has 150 valence electrons. The van der Waals surface area contributed by atoms with Gasteiger partial charge in [0.1, 0.15) is 5.82 Å². The third kappa shape index (κ3) is 4.38. The number of benzene rings is 1. The van der Waals surface area contributed by atoms with Gasteiger partial charge in [0.25, 0.3) is 0 Å². The van der Waals surface area contributed by atoms with E-state index in [-0.39, 0.29) is 6.03 Å². The summed E-state index contributed by atoms with van der Waals surface area (Å²) in [5.74, 6) is 2.21. The molecule has 6 nitrogen and oxygen atoms in total. The van der Waals surface area contributed by atoms with Crippen LogP contribution in [0, 0.1) is 12.8 Å². The first kappa shape index (κ1) is 19.0. The molecule has 0 radical (unpaired) electrons. The minimum atomic E-state index is 0.0548. The van der Waals surface area contributed by atoms with Gasteiger partial charge in [-0.15, -0.1) is 0 Å². The molecule has 1 aromatic carbocycles. The number of ether oxygens (including phenoxy) is 1. The Kier molecular flexibility index (Phi) is 5.95. The molecule has 0 atom stereocenters. The Morgan fingerprint density at radius 2 is 1.96 bits per heavy atom. The molecule has 2 aliphatic heterocycles. The van der Waals surface area contributed by atoms with Gasteiger partial charge in [0.15, 0.2) is 0 Å². The van der Waals surface area contributed by atoms with Crippen molar-refractivity contribution in [3.63, 3.8) is 0 Å². The lowest BCUT2D eigenvalue weighted by Gasteiger charge is -2.40. The van der Waals surface area contributed by atoms with E-state index in [0.29, 0.717) is 18.4 Å². The van der Waals surface area contributed by atoms with E-state index in [1.807, 2.05) is 29.3 Å². The lowest BCUT2D eigenvalue weighted by molar-refractivity contribution is 0.0808. The van der Waals surface area contributed by atoms with Crippen molar-refractivity contribution >= 4 is 6.03 Å². The number of nitrogens with zero attached hydrogens (tertiary/aromatic N) is 3. The Balaban J connectivity index is 1.23. The van der Waals surface area contributed by atoms with Crippen LogP contribution in [0.2, 0.25) is 0 Å². The molecule has 28 heavy (non-hydrogen) atoms. The second-order valence-electron chi connectivity index (χ2n) is 7.99. The molecule has 0 bridgehead atoms. The van der Waals surface area contributed by atoms with E-state index in [4.69, 9.17) is 4.74 Å². The number of imidazole rings is 1. The fourth-order valence-corrected chi connectivity index (χ4v) is 4.18. The van der Waals surface area contributed by atoms with Crippen molar-refractivity contribution in [2.24, 2.45) is 5.92 Å². The highest BCUT2D eigenvalue weighted by Crippen LogP contribution is 2.28. The van der Waals surface area contributed by atoms with Gasteiger partial charge in [-0.1, -0.05) is 30.3 Å². The molecule has 3 heterocycles. The summed E-state index contributed by atoms with van der Waals surface area (Å²) in [6, 6.07) is 10.3. The zero-order valence-electron chi connectivity index (χ0n) is 16.6. The number of aryl methyl sites for hydroxylation is 1. The predicted octanol–water partition coefficient (Wildman–Crippen LogP) is 2.97. The van der Waals surface area contributed by atoms with Crippen LogP contribution in [0.25, 0.3) is 0 Å². The number of hydrogen-bond acceptors (Lipinski definition) is 3. The Morgan fingerprint density at radius 1 is 1.21 bits per heavy atom. The first-order valence-corrected chi connectivity index (χ1v) is 10.4. The molecule has 0 spiro atoms. The Labute approximate surface area is 166 Å². The van der Waals surface area contributed by atoms with E-state index < -0.39 is 0 Å². The maximum absolute atomic E-state index is 12.3. The van der Waals surface area contributed by atoms with Crippen LogP contribution in [0.15, 0.2) is 36.5 Å². The van der Waals surface area contributed by atoms with Crippen LogP contribution in [-0.4, -0.2) is 53.3 Å². The van der Waals surface area contributed by atoms with Gasteiger partial charge >= 0.3 is 6.03 Å². The zero-order valence-corrected chi connectivity index (χ0v) is 16.6. The summed E-state index contributed by atoms with van der Waals surface area (Å²) in [5.41, 5.74) is 2.47. The van der Waals surface area contributed by atoms with Crippen molar-refractivity contribution in [2.75, 3.05) is 32.8 Å². The maximum atomic E-state index is 12.3. The van der Waals surface area contributed by atoms with Crippen molar-refractivity contribution in [3.05, 3.63) is 53.6 Å². The van der Waals surface area contributed by atoms with E-state index in [2.05, 4.69) is 33.9 Å². The summed E-state index contributed by atoms with van der Waals surface area (Å²) < 4.78 is 7.86. The van der Waals surface area contributed by atoms with Crippen LogP contribution in [0.4, 0.5) is 4.79 Å². The smallest absolute Gasteiger partial charge is 0.317 e. The Bertz CT molecular complexity index is 777. The number of nitrogens with one attached hydrogen (secondary N) is 1. The number of aromatic nitrogens is 2. The van der Waals surface area contributed by atoms with Crippen LogP contribution in [0.1, 0.15) is 35.8 Å². The first-order chi connectivity index (χ1) is 13.7. The summed E-state index contributed by atoms with van der Waals surface area (Å²) in [5, 5.41) is 3.04. The second-order valence-corrected chi connectivity index (χ2v) is 7.99. The number of likely N-dealkylation sites (tertiary alicyclic amines) is 1. The summed E-state index contributed by atoms with van der Waals surface area (Å²) in [7, 11) is 0. The molecule has 0 aliphatic carbocycles. The average molecular weight is 383 g/mol. The lowest BCUT2D eigenvalue weighted by atomic mass is 9.97. The Morgan fingerprint density at radius 3 is 2.71 bits per heavy atom. The van der Waals surface area contributed by atoms with Gasteiger partial charge in [0.2, 0.25) is 0 Å². The van der Waals surface area contributed by atoms with Gasteiger partial charge in [-0.05, 0) is 31.7 Å². The number of hydrogen-bond donors (Lipinski definition) is 1. The molecule has 1 aromatic heterocycles. The van der Waals surface area contributed by atoms with Crippen LogP contribution in [0.5, 0.6) is 0 Å². The number of rotatable bonds is 6. The van der Waals surface area contributed by atoms with Crippen LogP contribution in [-0.2, 0) is 17.7 Å². The predicted molar refractivity (Wildman–Crippen MR) is 108 cm³/mol. The highest BCUT2D eigenvalue weighted by Gasteiger charge is 2.32. The molecule has 1 N–H and O–H groups in total. The monoisotopic (exact) mass is 382 g/mol. The van der Waals surface area contributed by atoms with Gasteiger partial charge in [-0.2, -0.15) is 0 Å². The molecule has 0 unspecified atom stereocenters. The zero-order chi connectivity index (χ0) is 19.3. The third-order valence-electron chi connectivity index (χ3n) is 5.89. The highest BCUT2D eigenvalue weighted by molar-refractivity contribution is 5.75. The van der Waals surface area contributed by atoms with Crippen LogP contribution >= 0.6 is 0 Å². The van der Waals surface area contributed by atoms with E-state index >= 15 is 0 Å². The fourth-order valence-electron chi connectivity index (χ4n) is 4.18. The first-order valence-electron chi connectivity index (χ1n) is 10.4. The molecule has 6 heteroatoms. The van der Waals surface area contributed by atoms with Crippen molar-refractivity contribution in [1.29, 1.82) is 0 Å². The second kappa shape index (κ2) is 8.78. The van der Waals surface area contributed by atoms with Crippen LogP contribution in [0.3, 0.4) is 0 Å². The lowest BCUT2D eigenvalue weighted by Crippen LogP contribution is -2.55. The topological polar surface area (TPSA) is 59.4 Å². The van der Waals surface area contributed by atoms with Gasteiger partial charge in [-0.3, -0.25) is 0 Å². The van der Waals surface area contributed by atoms with Gasteiger partial charge < -0.3 is 19.5 Å². The molecule has 2 fully saturated rings. The third-order valence-corrected chi connectivity index (χ3v) is 5.89. The van der Waals surface area contributed by atoms with Gasteiger partial charge in [-0.25, -0.2) is 9.78 Å². The van der Waals surface area contributed by atoms with Gasteiger partial charge in [0, 0.05) is 63.1 Å². The fraction of sp³-hybridized carbons (Fsp3) is 0.545. The van der Waals surface area contributed by atoms with Crippen molar-refractivity contribution in [3.8, 4) is 0 Å². The molecule has 2 aromatic rings. The SMILES string of the molecule is Cc1cnc(C2CCOCC2)n1CC1CN(C(=O)NCCc2ccccc2)C1. The normalized spacial score (nSPS) is 18.1. The highest BCUT2D eigenvalue weighted by atomic mass is 16.5. The quantitative estimate of drug-likeness (QED) is 0.836. The van der Waals surface area contributed by atoms with E-state index in [1.165, 1.54) is 17.1 Å². The molecule has 2 amide bonds. The number of urea groups is 1. The van der Waals surface area contributed by atoms with Crippen molar-refractivity contribution < 1.29 is 9.53 Å².